The maximum atomic E-state index is 12.6. The van der Waals surface area contributed by atoms with Gasteiger partial charge in [0, 0.05) is 34.4 Å². The SMILES string of the molecule is C[C@H]1[C@@H](CSc2ccccc2C(=O)O)O[C@@H](c2ccc(CNC(=O)Nc3ccc(Oc4ccccc4)cc3)cc2)O[C@H]1c1ccc(CO)cc1. The number of hydrogen-bond acceptors (Lipinski definition) is 7. The van der Waals surface area contributed by atoms with E-state index in [0.717, 1.165) is 28.0 Å². The number of nitrogens with one attached hydrogen (secondary N) is 2. The summed E-state index contributed by atoms with van der Waals surface area (Å²) in [6.45, 7) is 2.34. The molecule has 0 bridgehead atoms. The molecule has 5 aromatic carbocycles. The summed E-state index contributed by atoms with van der Waals surface area (Å²) in [7, 11) is 0. The number of hydrogen-bond donors (Lipinski definition) is 4. The summed E-state index contributed by atoms with van der Waals surface area (Å²) in [5, 5.41) is 25.0. The Bertz CT molecular complexity index is 1870. The Kier molecular flexibility index (Phi) is 11.5. The predicted octanol–water partition coefficient (Wildman–Crippen LogP) is 8.57. The number of carboxylic acids is 1. The number of aliphatic hydroxyl groups excluding tert-OH is 1. The molecular weight excluding hydrogens is 653 g/mol. The molecule has 9 nitrogen and oxygen atoms in total. The quantitative estimate of drug-likeness (QED) is 0.0960. The van der Waals surface area contributed by atoms with Gasteiger partial charge in [0.05, 0.1) is 24.4 Å². The van der Waals surface area contributed by atoms with Crippen molar-refractivity contribution < 1.29 is 34.0 Å². The van der Waals surface area contributed by atoms with Gasteiger partial charge in [-0.05, 0) is 65.2 Å². The molecule has 1 aliphatic rings. The number of rotatable bonds is 12. The van der Waals surface area contributed by atoms with Gasteiger partial charge in [-0.15, -0.1) is 11.8 Å². The Morgan fingerprint density at radius 1 is 0.760 bits per heavy atom. The first-order valence-electron chi connectivity index (χ1n) is 16.3. The Hall–Kier alpha value is -5.13. The van der Waals surface area contributed by atoms with Crippen molar-refractivity contribution in [1.82, 2.24) is 5.32 Å². The van der Waals surface area contributed by atoms with E-state index in [2.05, 4.69) is 17.6 Å². The normalized spacial score (nSPS) is 18.6. The summed E-state index contributed by atoms with van der Waals surface area (Å²) in [6.07, 6.45) is -1.23. The number of para-hydroxylation sites is 1. The fourth-order valence-corrected chi connectivity index (χ4v) is 6.84. The average Bonchev–Trinajstić information content (AvgIpc) is 3.15. The maximum Gasteiger partial charge on any atom is 0.336 e. The highest BCUT2D eigenvalue weighted by atomic mass is 32.2. The summed E-state index contributed by atoms with van der Waals surface area (Å²) in [5.74, 6) is 0.909. The molecule has 0 spiro atoms. The van der Waals surface area contributed by atoms with Crippen molar-refractivity contribution in [3.63, 3.8) is 0 Å². The van der Waals surface area contributed by atoms with Crippen LogP contribution in [-0.2, 0) is 22.6 Å². The van der Waals surface area contributed by atoms with E-state index in [-0.39, 0.29) is 36.3 Å². The molecule has 2 amide bonds. The third-order valence-electron chi connectivity index (χ3n) is 8.44. The monoisotopic (exact) mass is 690 g/mol. The molecule has 4 atom stereocenters. The van der Waals surface area contributed by atoms with Gasteiger partial charge in [-0.25, -0.2) is 9.59 Å². The minimum Gasteiger partial charge on any atom is -0.478 e. The van der Waals surface area contributed by atoms with Crippen LogP contribution in [0.25, 0.3) is 0 Å². The largest absolute Gasteiger partial charge is 0.478 e. The zero-order valence-corrected chi connectivity index (χ0v) is 28.2. The van der Waals surface area contributed by atoms with Gasteiger partial charge >= 0.3 is 12.0 Å². The molecule has 10 heteroatoms. The molecule has 0 aromatic heterocycles. The van der Waals surface area contributed by atoms with E-state index < -0.39 is 12.3 Å². The minimum atomic E-state index is -0.968. The number of carbonyl (C=O) groups excluding carboxylic acids is 1. The zero-order valence-electron chi connectivity index (χ0n) is 27.4. The number of benzene rings is 5. The third kappa shape index (κ3) is 8.90. The second kappa shape index (κ2) is 16.5. The van der Waals surface area contributed by atoms with Crippen molar-refractivity contribution in [2.24, 2.45) is 5.92 Å². The van der Waals surface area contributed by atoms with Gasteiger partial charge in [-0.2, -0.15) is 0 Å². The van der Waals surface area contributed by atoms with Crippen LogP contribution in [0.1, 0.15) is 51.9 Å². The van der Waals surface area contributed by atoms with Crippen LogP contribution < -0.4 is 15.4 Å². The summed E-state index contributed by atoms with van der Waals surface area (Å²) in [5.41, 5.74) is 4.39. The maximum absolute atomic E-state index is 12.6. The molecule has 4 N–H and O–H groups in total. The first kappa shape index (κ1) is 34.7. The van der Waals surface area contributed by atoms with E-state index >= 15 is 0 Å². The van der Waals surface area contributed by atoms with Gasteiger partial charge in [0.2, 0.25) is 0 Å². The van der Waals surface area contributed by atoms with Crippen molar-refractivity contribution in [2.45, 2.75) is 43.5 Å². The molecule has 1 saturated heterocycles. The highest BCUT2D eigenvalue weighted by molar-refractivity contribution is 7.99. The van der Waals surface area contributed by atoms with E-state index in [1.54, 1.807) is 36.4 Å². The van der Waals surface area contributed by atoms with Crippen molar-refractivity contribution in [3.8, 4) is 11.5 Å². The molecule has 1 aliphatic heterocycles. The number of ether oxygens (including phenoxy) is 3. The van der Waals surface area contributed by atoms with Crippen molar-refractivity contribution in [1.29, 1.82) is 0 Å². The Labute approximate surface area is 295 Å². The van der Waals surface area contributed by atoms with Crippen molar-refractivity contribution >= 4 is 29.4 Å². The van der Waals surface area contributed by atoms with E-state index in [1.165, 1.54) is 11.8 Å². The van der Waals surface area contributed by atoms with Crippen LogP contribution in [0.15, 0.2) is 132 Å². The van der Waals surface area contributed by atoms with Gasteiger partial charge in [0.15, 0.2) is 6.29 Å². The lowest BCUT2D eigenvalue weighted by Gasteiger charge is -2.41. The van der Waals surface area contributed by atoms with Gasteiger partial charge in [0.25, 0.3) is 0 Å². The number of carbonyl (C=O) groups is 2. The van der Waals surface area contributed by atoms with Gasteiger partial charge < -0.3 is 35.1 Å². The molecule has 5 aromatic rings. The summed E-state index contributed by atoms with van der Waals surface area (Å²) < 4.78 is 18.9. The molecule has 1 fully saturated rings. The summed E-state index contributed by atoms with van der Waals surface area (Å²) in [4.78, 5) is 25.1. The van der Waals surface area contributed by atoms with Crippen LogP contribution in [-0.4, -0.2) is 34.1 Å². The molecule has 6 rings (SSSR count). The number of aromatic carboxylic acids is 1. The fraction of sp³-hybridized carbons (Fsp3) is 0.200. The Morgan fingerprint density at radius 3 is 2.10 bits per heavy atom. The molecule has 0 radical (unpaired) electrons. The lowest BCUT2D eigenvalue weighted by Crippen LogP contribution is -2.38. The molecule has 0 unspecified atom stereocenters. The van der Waals surface area contributed by atoms with Crippen molar-refractivity contribution in [3.05, 3.63) is 155 Å². The number of anilines is 1. The van der Waals surface area contributed by atoms with Crippen LogP contribution in [0.3, 0.4) is 0 Å². The lowest BCUT2D eigenvalue weighted by atomic mass is 9.91. The highest BCUT2D eigenvalue weighted by Crippen LogP contribution is 2.43. The number of aliphatic hydroxyl groups is 1. The van der Waals surface area contributed by atoms with Crippen molar-refractivity contribution in [2.75, 3.05) is 11.1 Å². The van der Waals surface area contributed by atoms with Crippen LogP contribution >= 0.6 is 11.8 Å². The zero-order chi connectivity index (χ0) is 34.9. The van der Waals surface area contributed by atoms with Crippen LogP contribution in [0, 0.1) is 5.92 Å². The molecule has 1 heterocycles. The van der Waals surface area contributed by atoms with Gasteiger partial charge in [-0.1, -0.05) is 85.8 Å². The van der Waals surface area contributed by atoms with E-state index in [4.69, 9.17) is 14.2 Å². The van der Waals surface area contributed by atoms with Crippen LogP contribution in [0.2, 0.25) is 0 Å². The van der Waals surface area contributed by atoms with Crippen LogP contribution in [0.5, 0.6) is 11.5 Å². The van der Waals surface area contributed by atoms with Gasteiger partial charge in [-0.3, -0.25) is 0 Å². The standard InChI is InChI=1S/C40H38N2O7S/c1-26-35(25-50-36-10-6-5-9-34(36)38(44)45)48-39(49-37(26)29-15-13-28(24-43)14-16-29)30-17-11-27(12-18-30)23-41-40(46)42-31-19-21-33(22-20-31)47-32-7-3-2-4-8-32/h2-22,26,35,37,39,43H,23-25H2,1H3,(H,44,45)(H2,41,42,46)/t26-,35+,37+,39+/m0/s1. The second-order valence-electron chi connectivity index (χ2n) is 11.9. The highest BCUT2D eigenvalue weighted by Gasteiger charge is 2.38. The van der Waals surface area contributed by atoms with E-state index in [0.29, 0.717) is 28.6 Å². The predicted molar refractivity (Wildman–Crippen MR) is 192 cm³/mol. The molecule has 0 aliphatic carbocycles. The Balaban J connectivity index is 1.09. The topological polar surface area (TPSA) is 126 Å². The average molecular weight is 691 g/mol. The first-order chi connectivity index (χ1) is 24.4. The number of amides is 2. The summed E-state index contributed by atoms with van der Waals surface area (Å²) >= 11 is 1.45. The number of carboxylic acid groups (broad SMARTS) is 1. The molecule has 50 heavy (non-hydrogen) atoms. The lowest BCUT2D eigenvalue weighted by molar-refractivity contribution is -0.268. The van der Waals surface area contributed by atoms with E-state index in [1.807, 2.05) is 91.0 Å². The number of urea groups is 1. The molecular formula is C40H38N2O7S. The smallest absolute Gasteiger partial charge is 0.336 e. The first-order valence-corrected chi connectivity index (χ1v) is 17.3. The van der Waals surface area contributed by atoms with Crippen LogP contribution in [0.4, 0.5) is 10.5 Å². The minimum absolute atomic E-state index is 0.0457. The third-order valence-corrected chi connectivity index (χ3v) is 9.60. The fourth-order valence-electron chi connectivity index (χ4n) is 5.63. The molecule has 256 valence electrons. The number of thioether (sulfide) groups is 1. The van der Waals surface area contributed by atoms with E-state index in [9.17, 15) is 19.8 Å². The Morgan fingerprint density at radius 2 is 1.40 bits per heavy atom. The van der Waals surface area contributed by atoms with Gasteiger partial charge in [0.1, 0.15) is 11.5 Å². The summed E-state index contributed by atoms with van der Waals surface area (Å²) in [6, 6.07) is 38.7. The second-order valence-corrected chi connectivity index (χ2v) is 13.0. The molecule has 0 saturated carbocycles.